The molecule has 24 heavy (non-hydrogen) atoms. The van der Waals surface area contributed by atoms with Crippen LogP contribution in [0.4, 0.5) is 5.95 Å². The highest BCUT2D eigenvalue weighted by atomic mass is 16.4. The number of aromatic nitrogens is 4. The van der Waals surface area contributed by atoms with Crippen molar-refractivity contribution in [1.82, 2.24) is 19.1 Å². The molecule has 2 aromatic heterocycles. The lowest BCUT2D eigenvalue weighted by Crippen LogP contribution is -2.40. The van der Waals surface area contributed by atoms with Gasteiger partial charge in [0.25, 0.3) is 5.56 Å². The van der Waals surface area contributed by atoms with E-state index in [0.717, 1.165) is 19.5 Å². The molecule has 3 heterocycles. The largest absolute Gasteiger partial charge is 0.480 e. The number of carboxylic acid groups (broad SMARTS) is 1. The summed E-state index contributed by atoms with van der Waals surface area (Å²) in [4.78, 5) is 44.0. The minimum absolute atomic E-state index is 0.111. The van der Waals surface area contributed by atoms with Crippen LogP contribution in [0, 0.1) is 11.8 Å². The fourth-order valence-electron chi connectivity index (χ4n) is 3.58. The summed E-state index contributed by atoms with van der Waals surface area (Å²) in [6, 6.07) is 0. The standard InChI is InChI=1S/C15H21N5O4/c1-8-4-9(2)6-19(5-8)14-16-12-11(20(14)7-10(21)22)13(23)17-15(24)18(12)3/h8-9H,4-7H2,1-3H3,(H,21,22)(H,17,23,24)/t8-,9-/m0/s1. The Bertz CT molecular complexity index is 899. The number of imidazole rings is 1. The number of rotatable bonds is 3. The van der Waals surface area contributed by atoms with Gasteiger partial charge in [-0.05, 0) is 18.3 Å². The van der Waals surface area contributed by atoms with Gasteiger partial charge in [0.05, 0.1) is 0 Å². The van der Waals surface area contributed by atoms with Gasteiger partial charge in [0.1, 0.15) is 6.54 Å². The van der Waals surface area contributed by atoms with Gasteiger partial charge in [0.15, 0.2) is 11.2 Å². The lowest BCUT2D eigenvalue weighted by molar-refractivity contribution is -0.137. The maximum Gasteiger partial charge on any atom is 0.329 e. The first kappa shape index (κ1) is 16.3. The number of aryl methyl sites for hydroxylation is 1. The highest BCUT2D eigenvalue weighted by Gasteiger charge is 2.28. The van der Waals surface area contributed by atoms with E-state index in [4.69, 9.17) is 0 Å². The van der Waals surface area contributed by atoms with Gasteiger partial charge in [-0.25, -0.2) is 4.79 Å². The second kappa shape index (κ2) is 5.81. The molecule has 1 aliphatic rings. The summed E-state index contributed by atoms with van der Waals surface area (Å²) in [5.41, 5.74) is -0.878. The molecule has 3 rings (SSSR count). The molecule has 1 aliphatic heterocycles. The second-order valence-corrected chi connectivity index (χ2v) is 6.73. The number of nitrogens with one attached hydrogen (secondary N) is 1. The van der Waals surface area contributed by atoms with E-state index in [1.54, 1.807) is 0 Å². The summed E-state index contributed by atoms with van der Waals surface area (Å²) in [5, 5.41) is 9.24. The van der Waals surface area contributed by atoms with Gasteiger partial charge in [-0.1, -0.05) is 13.8 Å². The van der Waals surface area contributed by atoms with E-state index in [-0.39, 0.29) is 17.7 Å². The maximum absolute atomic E-state index is 12.2. The van der Waals surface area contributed by atoms with E-state index in [0.29, 0.717) is 17.8 Å². The number of hydrogen-bond acceptors (Lipinski definition) is 5. The zero-order chi connectivity index (χ0) is 17.6. The first-order valence-electron chi connectivity index (χ1n) is 7.94. The van der Waals surface area contributed by atoms with Crippen LogP contribution in [0.25, 0.3) is 11.2 Å². The van der Waals surface area contributed by atoms with Crippen molar-refractivity contribution in [2.45, 2.75) is 26.8 Å². The molecular weight excluding hydrogens is 314 g/mol. The molecule has 1 saturated heterocycles. The molecule has 0 bridgehead atoms. The van der Waals surface area contributed by atoms with Crippen LogP contribution in [0.1, 0.15) is 20.3 Å². The Kier molecular flexibility index (Phi) is 3.94. The van der Waals surface area contributed by atoms with E-state index in [1.807, 2.05) is 4.90 Å². The average Bonchev–Trinajstić information content (AvgIpc) is 2.83. The van der Waals surface area contributed by atoms with Gasteiger partial charge in [0, 0.05) is 20.1 Å². The number of aromatic amines is 1. The number of piperidine rings is 1. The van der Waals surface area contributed by atoms with E-state index in [1.165, 1.54) is 16.2 Å². The first-order chi connectivity index (χ1) is 11.3. The van der Waals surface area contributed by atoms with Crippen LogP contribution in [0.15, 0.2) is 9.59 Å². The van der Waals surface area contributed by atoms with Crippen molar-refractivity contribution in [3.05, 3.63) is 20.8 Å². The third-order valence-electron chi connectivity index (χ3n) is 4.43. The number of aliphatic carboxylic acids is 1. The van der Waals surface area contributed by atoms with Crippen LogP contribution in [0.3, 0.4) is 0 Å². The molecule has 9 nitrogen and oxygen atoms in total. The van der Waals surface area contributed by atoms with Gasteiger partial charge < -0.3 is 10.0 Å². The third-order valence-corrected chi connectivity index (χ3v) is 4.43. The van der Waals surface area contributed by atoms with E-state index in [9.17, 15) is 19.5 Å². The SMILES string of the molecule is C[C@H]1C[C@H](C)CN(c2nc3c(c(=O)[nH]c(=O)n3C)n2CC(=O)O)C1. The van der Waals surface area contributed by atoms with E-state index < -0.39 is 17.2 Å². The Balaban J connectivity index is 2.25. The second-order valence-electron chi connectivity index (χ2n) is 6.73. The number of carboxylic acids is 1. The summed E-state index contributed by atoms with van der Waals surface area (Å²) < 4.78 is 2.62. The normalized spacial score (nSPS) is 21.4. The molecule has 0 aliphatic carbocycles. The van der Waals surface area contributed by atoms with Crippen LogP contribution >= 0.6 is 0 Å². The highest BCUT2D eigenvalue weighted by Crippen LogP contribution is 2.27. The molecular formula is C15H21N5O4. The fraction of sp³-hybridized carbons (Fsp3) is 0.600. The predicted molar refractivity (Wildman–Crippen MR) is 88.4 cm³/mol. The van der Waals surface area contributed by atoms with Crippen molar-refractivity contribution in [2.24, 2.45) is 18.9 Å². The molecule has 130 valence electrons. The molecule has 0 unspecified atom stereocenters. The maximum atomic E-state index is 12.2. The Morgan fingerprint density at radius 3 is 2.50 bits per heavy atom. The van der Waals surface area contributed by atoms with Crippen molar-refractivity contribution >= 4 is 23.1 Å². The monoisotopic (exact) mass is 335 g/mol. The summed E-state index contributed by atoms with van der Waals surface area (Å²) in [7, 11) is 1.50. The van der Waals surface area contributed by atoms with Crippen molar-refractivity contribution in [1.29, 1.82) is 0 Å². The Morgan fingerprint density at radius 1 is 1.29 bits per heavy atom. The number of hydrogen-bond donors (Lipinski definition) is 2. The van der Waals surface area contributed by atoms with Gasteiger partial charge in [0.2, 0.25) is 5.95 Å². The molecule has 9 heteroatoms. The molecule has 2 aromatic rings. The summed E-state index contributed by atoms with van der Waals surface area (Å²) in [6.07, 6.45) is 1.09. The van der Waals surface area contributed by atoms with Crippen molar-refractivity contribution in [2.75, 3.05) is 18.0 Å². The molecule has 2 atom stereocenters. The zero-order valence-electron chi connectivity index (χ0n) is 13.9. The first-order valence-corrected chi connectivity index (χ1v) is 7.94. The summed E-state index contributed by atoms with van der Waals surface area (Å²) in [5.74, 6) is 0.238. The van der Waals surface area contributed by atoms with Crippen molar-refractivity contribution < 1.29 is 9.90 Å². The number of fused-ring (bicyclic) bond motifs is 1. The molecule has 0 aromatic carbocycles. The minimum Gasteiger partial charge on any atom is -0.480 e. The minimum atomic E-state index is -1.07. The van der Waals surface area contributed by atoms with Crippen molar-refractivity contribution in [3.63, 3.8) is 0 Å². The molecule has 0 amide bonds. The van der Waals surface area contributed by atoms with Crippen LogP contribution < -0.4 is 16.1 Å². The number of nitrogens with zero attached hydrogens (tertiary/aromatic N) is 4. The van der Waals surface area contributed by atoms with E-state index in [2.05, 4.69) is 23.8 Å². The van der Waals surface area contributed by atoms with E-state index >= 15 is 0 Å². The van der Waals surface area contributed by atoms with Crippen LogP contribution in [-0.4, -0.2) is 43.3 Å². The topological polar surface area (TPSA) is 113 Å². The molecule has 0 spiro atoms. The Morgan fingerprint density at radius 2 is 1.92 bits per heavy atom. The van der Waals surface area contributed by atoms with Crippen molar-refractivity contribution in [3.8, 4) is 0 Å². The molecule has 0 saturated carbocycles. The van der Waals surface area contributed by atoms with Gasteiger partial charge in [-0.2, -0.15) is 4.98 Å². The van der Waals surface area contributed by atoms with Gasteiger partial charge >= 0.3 is 11.7 Å². The summed E-state index contributed by atoms with van der Waals surface area (Å²) in [6.45, 7) is 5.36. The number of carbonyl (C=O) groups is 1. The predicted octanol–water partition coefficient (Wildman–Crippen LogP) is -0.00980. The lowest BCUT2D eigenvalue weighted by Gasteiger charge is -2.35. The highest BCUT2D eigenvalue weighted by molar-refractivity contribution is 5.78. The lowest BCUT2D eigenvalue weighted by atomic mass is 9.92. The number of H-pyrrole nitrogens is 1. The molecule has 1 fully saturated rings. The Labute approximate surface area is 137 Å². The summed E-state index contributed by atoms with van der Waals surface area (Å²) >= 11 is 0. The van der Waals surface area contributed by atoms with Gasteiger partial charge in [-0.15, -0.1) is 0 Å². The fourth-order valence-corrected chi connectivity index (χ4v) is 3.58. The Hall–Kier alpha value is -2.58. The molecule has 0 radical (unpaired) electrons. The van der Waals surface area contributed by atoms with Crippen LogP contribution in [0.5, 0.6) is 0 Å². The third kappa shape index (κ3) is 2.70. The van der Waals surface area contributed by atoms with Crippen LogP contribution in [-0.2, 0) is 18.4 Å². The quantitative estimate of drug-likeness (QED) is 0.816. The zero-order valence-corrected chi connectivity index (χ0v) is 13.9. The average molecular weight is 335 g/mol. The number of anilines is 1. The molecule has 2 N–H and O–H groups in total. The van der Waals surface area contributed by atoms with Crippen LogP contribution in [0.2, 0.25) is 0 Å². The smallest absolute Gasteiger partial charge is 0.329 e. The van der Waals surface area contributed by atoms with Gasteiger partial charge in [-0.3, -0.25) is 23.7 Å².